The molecular weight excluding hydrogens is 252 g/mol. The maximum absolute atomic E-state index is 10.4. The normalized spacial score (nSPS) is 13.2. The number of hydrogen-bond donors (Lipinski definition) is 1. The van der Waals surface area contributed by atoms with Gasteiger partial charge in [0.05, 0.1) is 5.69 Å². The monoisotopic (exact) mass is 274 g/mol. The molecule has 0 fully saturated rings. The van der Waals surface area contributed by atoms with Crippen molar-refractivity contribution >= 4 is 11.5 Å². The second kappa shape index (κ2) is 8.91. The molecule has 1 aromatic rings. The van der Waals surface area contributed by atoms with E-state index in [1.54, 1.807) is 4.68 Å². The fourth-order valence-corrected chi connectivity index (χ4v) is 1.78. The van der Waals surface area contributed by atoms with Crippen molar-refractivity contribution in [3.8, 4) is 0 Å². The first-order chi connectivity index (χ1) is 9.75. The summed E-state index contributed by atoms with van der Waals surface area (Å²) >= 11 is 0. The Balaban J connectivity index is 0.000000956. The summed E-state index contributed by atoms with van der Waals surface area (Å²) < 4.78 is 1.79. The Hall–Kier alpha value is -2.10. The van der Waals surface area contributed by atoms with Gasteiger partial charge in [-0.15, -0.1) is 0 Å². The van der Waals surface area contributed by atoms with Crippen molar-refractivity contribution in [2.75, 3.05) is 0 Å². The summed E-state index contributed by atoms with van der Waals surface area (Å²) in [5.41, 5.74) is 2.01. The maximum Gasteiger partial charge on any atom is 0.303 e. The molecule has 0 radical (unpaired) electrons. The SMILES string of the molecule is CC.O=C(O)CCCn1ccc(C2=CC=CCC=C2)n1. The molecule has 1 aromatic heterocycles. The van der Waals surface area contributed by atoms with Gasteiger partial charge in [-0.25, -0.2) is 0 Å². The molecule has 0 atom stereocenters. The van der Waals surface area contributed by atoms with Gasteiger partial charge in [0.2, 0.25) is 0 Å². The molecular formula is C16H22N2O2. The molecule has 0 saturated heterocycles. The Kier molecular flexibility index (Phi) is 7.11. The van der Waals surface area contributed by atoms with Crippen LogP contribution in [0.15, 0.2) is 42.6 Å². The molecule has 0 spiro atoms. The van der Waals surface area contributed by atoms with Crippen LogP contribution in [-0.2, 0) is 11.3 Å². The molecule has 0 bridgehead atoms. The molecule has 1 aliphatic rings. The third-order valence-electron chi connectivity index (χ3n) is 2.70. The predicted molar refractivity (Wildman–Crippen MR) is 81.3 cm³/mol. The molecule has 2 rings (SSSR count). The molecule has 1 aliphatic carbocycles. The zero-order valence-corrected chi connectivity index (χ0v) is 12.1. The van der Waals surface area contributed by atoms with Gasteiger partial charge in [-0.05, 0) is 18.9 Å². The average Bonchev–Trinajstić information content (AvgIpc) is 2.75. The number of nitrogens with zero attached hydrogens (tertiary/aromatic N) is 2. The number of carboxylic acids is 1. The Morgan fingerprint density at radius 1 is 1.40 bits per heavy atom. The van der Waals surface area contributed by atoms with Crippen LogP contribution in [0.2, 0.25) is 0 Å². The van der Waals surface area contributed by atoms with Crippen LogP contribution < -0.4 is 0 Å². The highest BCUT2D eigenvalue weighted by molar-refractivity contribution is 5.73. The molecule has 4 heteroatoms. The number of hydrogen-bond acceptors (Lipinski definition) is 2. The Morgan fingerprint density at radius 2 is 2.20 bits per heavy atom. The van der Waals surface area contributed by atoms with Crippen molar-refractivity contribution < 1.29 is 9.90 Å². The molecule has 1 heterocycles. The number of carboxylic acid groups (broad SMARTS) is 1. The first-order valence-corrected chi connectivity index (χ1v) is 7.05. The summed E-state index contributed by atoms with van der Waals surface area (Å²) in [5.74, 6) is -0.762. The van der Waals surface area contributed by atoms with E-state index in [0.29, 0.717) is 13.0 Å². The van der Waals surface area contributed by atoms with Crippen molar-refractivity contribution in [3.05, 3.63) is 48.3 Å². The van der Waals surface area contributed by atoms with Crippen LogP contribution in [-0.4, -0.2) is 20.9 Å². The maximum atomic E-state index is 10.4. The van der Waals surface area contributed by atoms with Gasteiger partial charge in [0.15, 0.2) is 0 Å². The molecule has 1 N–H and O–H groups in total. The number of carbonyl (C=O) groups is 1. The smallest absolute Gasteiger partial charge is 0.303 e. The van der Waals surface area contributed by atoms with E-state index in [2.05, 4.69) is 23.3 Å². The van der Waals surface area contributed by atoms with Gasteiger partial charge in [0.25, 0.3) is 0 Å². The molecule has 4 nitrogen and oxygen atoms in total. The predicted octanol–water partition coefficient (Wildman–Crippen LogP) is 3.67. The summed E-state index contributed by atoms with van der Waals surface area (Å²) in [6.07, 6.45) is 13.9. The average molecular weight is 274 g/mol. The van der Waals surface area contributed by atoms with Gasteiger partial charge in [-0.2, -0.15) is 5.10 Å². The van der Waals surface area contributed by atoms with Crippen molar-refractivity contribution in [2.24, 2.45) is 0 Å². The van der Waals surface area contributed by atoms with Crippen LogP contribution in [0.1, 0.15) is 38.8 Å². The third-order valence-corrected chi connectivity index (χ3v) is 2.70. The van der Waals surface area contributed by atoms with Crippen LogP contribution in [0.3, 0.4) is 0 Å². The van der Waals surface area contributed by atoms with Crippen molar-refractivity contribution in [1.82, 2.24) is 9.78 Å². The number of aliphatic carboxylic acids is 1. The lowest BCUT2D eigenvalue weighted by Gasteiger charge is -1.99. The zero-order valence-electron chi connectivity index (χ0n) is 12.1. The van der Waals surface area contributed by atoms with Crippen LogP contribution in [0.25, 0.3) is 5.57 Å². The summed E-state index contributed by atoms with van der Waals surface area (Å²) in [4.78, 5) is 10.4. The standard InChI is InChI=1S/C14H16N2O2.C2H6/c17-14(18)8-5-10-16-11-9-13(15-16)12-6-3-1-2-4-7-12;1-2/h1,3-4,6-7,9,11H,2,5,8,10H2,(H,17,18);1-2H3. The van der Waals surface area contributed by atoms with E-state index in [1.807, 2.05) is 38.3 Å². The fourth-order valence-electron chi connectivity index (χ4n) is 1.78. The summed E-state index contributed by atoms with van der Waals surface area (Å²) in [5, 5.41) is 13.0. The van der Waals surface area contributed by atoms with Crippen molar-refractivity contribution in [3.63, 3.8) is 0 Å². The van der Waals surface area contributed by atoms with E-state index in [9.17, 15) is 4.79 Å². The Bertz CT molecular complexity index is 510. The fraction of sp³-hybridized carbons (Fsp3) is 0.375. The lowest BCUT2D eigenvalue weighted by molar-refractivity contribution is -0.137. The number of aromatic nitrogens is 2. The van der Waals surface area contributed by atoms with Gasteiger partial charge in [-0.1, -0.05) is 44.2 Å². The van der Waals surface area contributed by atoms with E-state index < -0.39 is 5.97 Å². The summed E-state index contributed by atoms with van der Waals surface area (Å²) in [6.45, 7) is 4.64. The molecule has 0 saturated carbocycles. The molecule has 0 unspecified atom stereocenters. The van der Waals surface area contributed by atoms with Gasteiger partial charge >= 0.3 is 5.97 Å². The van der Waals surface area contributed by atoms with E-state index in [0.717, 1.165) is 17.7 Å². The summed E-state index contributed by atoms with van der Waals surface area (Å²) in [7, 11) is 0. The quantitative estimate of drug-likeness (QED) is 0.891. The second-order valence-electron chi connectivity index (χ2n) is 4.15. The highest BCUT2D eigenvalue weighted by atomic mass is 16.4. The van der Waals surface area contributed by atoms with Crippen LogP contribution in [0, 0.1) is 0 Å². The molecule has 108 valence electrons. The minimum atomic E-state index is -0.762. The second-order valence-corrected chi connectivity index (χ2v) is 4.15. The highest BCUT2D eigenvalue weighted by Gasteiger charge is 2.04. The van der Waals surface area contributed by atoms with Gasteiger partial charge in [-0.3, -0.25) is 9.48 Å². The lowest BCUT2D eigenvalue weighted by atomic mass is 10.2. The lowest BCUT2D eigenvalue weighted by Crippen LogP contribution is -2.02. The van der Waals surface area contributed by atoms with E-state index >= 15 is 0 Å². The molecule has 0 aliphatic heterocycles. The zero-order chi connectivity index (χ0) is 14.8. The van der Waals surface area contributed by atoms with Gasteiger partial charge < -0.3 is 5.11 Å². The number of allylic oxidation sites excluding steroid dienone is 6. The first-order valence-electron chi connectivity index (χ1n) is 7.05. The minimum absolute atomic E-state index is 0.181. The minimum Gasteiger partial charge on any atom is -0.481 e. The number of aryl methyl sites for hydroxylation is 1. The largest absolute Gasteiger partial charge is 0.481 e. The molecule has 0 amide bonds. The van der Waals surface area contributed by atoms with E-state index in [4.69, 9.17) is 5.11 Å². The van der Waals surface area contributed by atoms with Crippen LogP contribution in [0.4, 0.5) is 0 Å². The molecule has 0 aromatic carbocycles. The van der Waals surface area contributed by atoms with Gasteiger partial charge in [0.1, 0.15) is 0 Å². The summed E-state index contributed by atoms with van der Waals surface area (Å²) in [6, 6.07) is 1.95. The molecule has 20 heavy (non-hydrogen) atoms. The van der Waals surface area contributed by atoms with Crippen molar-refractivity contribution in [2.45, 2.75) is 39.7 Å². The Morgan fingerprint density at radius 3 is 2.95 bits per heavy atom. The number of rotatable bonds is 5. The van der Waals surface area contributed by atoms with E-state index in [1.165, 1.54) is 0 Å². The van der Waals surface area contributed by atoms with Gasteiger partial charge in [0, 0.05) is 24.7 Å². The Labute approximate surface area is 120 Å². The highest BCUT2D eigenvalue weighted by Crippen LogP contribution is 2.16. The van der Waals surface area contributed by atoms with Crippen LogP contribution in [0.5, 0.6) is 0 Å². The topological polar surface area (TPSA) is 55.1 Å². The third kappa shape index (κ3) is 5.26. The van der Waals surface area contributed by atoms with E-state index in [-0.39, 0.29) is 6.42 Å². The van der Waals surface area contributed by atoms with Crippen molar-refractivity contribution in [1.29, 1.82) is 0 Å². The van der Waals surface area contributed by atoms with Crippen LogP contribution >= 0.6 is 0 Å². The first kappa shape index (κ1) is 16.0.